The van der Waals surface area contributed by atoms with E-state index in [9.17, 15) is 4.79 Å². The van der Waals surface area contributed by atoms with Gasteiger partial charge in [0.2, 0.25) is 5.88 Å². The predicted molar refractivity (Wildman–Crippen MR) is 105 cm³/mol. The van der Waals surface area contributed by atoms with Gasteiger partial charge in [-0.2, -0.15) is 0 Å². The van der Waals surface area contributed by atoms with E-state index in [4.69, 9.17) is 27.9 Å². The number of nitrogens with zero attached hydrogens (tertiary/aromatic N) is 3. The zero-order chi connectivity index (χ0) is 19.0. The molecule has 7 heteroatoms. The van der Waals surface area contributed by atoms with Crippen LogP contribution in [0.5, 0.6) is 5.88 Å². The summed E-state index contributed by atoms with van der Waals surface area (Å²) in [6, 6.07) is 11.5. The summed E-state index contributed by atoms with van der Waals surface area (Å²) in [6.07, 6.45) is 1.52. The van der Waals surface area contributed by atoms with Gasteiger partial charge in [-0.1, -0.05) is 47.5 Å². The molecule has 5 nitrogen and oxygen atoms in total. The average Bonchev–Trinajstić information content (AvgIpc) is 2.67. The highest BCUT2D eigenvalue weighted by molar-refractivity contribution is 6.38. The van der Waals surface area contributed by atoms with E-state index in [-0.39, 0.29) is 5.91 Å². The molecule has 1 aliphatic heterocycles. The first-order valence-electron chi connectivity index (χ1n) is 8.65. The lowest BCUT2D eigenvalue weighted by molar-refractivity contribution is -0.139. The first kappa shape index (κ1) is 18.0. The van der Waals surface area contributed by atoms with Crippen LogP contribution in [0.3, 0.4) is 0 Å². The molecular weight excluding hydrogens is 385 g/mol. The Hall–Kier alpha value is -2.37. The van der Waals surface area contributed by atoms with Crippen molar-refractivity contribution < 1.29 is 9.53 Å². The molecule has 1 aromatic heterocycles. The third-order valence-corrected chi connectivity index (χ3v) is 5.21. The molecule has 138 valence electrons. The number of hydrogen-bond donors (Lipinski definition) is 0. The second-order valence-electron chi connectivity index (χ2n) is 6.50. The number of fused-ring (bicyclic) bond motifs is 2. The second kappa shape index (κ2) is 7.33. The highest BCUT2D eigenvalue weighted by atomic mass is 35.5. The van der Waals surface area contributed by atoms with Crippen LogP contribution in [-0.2, 0) is 17.8 Å². The predicted octanol–water partition coefficient (Wildman–Crippen LogP) is 4.29. The quantitative estimate of drug-likeness (QED) is 0.656. The van der Waals surface area contributed by atoms with Crippen molar-refractivity contribution in [1.29, 1.82) is 0 Å². The molecule has 1 atom stereocenters. The van der Waals surface area contributed by atoms with Crippen LogP contribution in [0.4, 0.5) is 0 Å². The Morgan fingerprint density at radius 3 is 2.78 bits per heavy atom. The van der Waals surface area contributed by atoms with Gasteiger partial charge in [-0.25, -0.2) is 9.97 Å². The second-order valence-corrected chi connectivity index (χ2v) is 7.34. The summed E-state index contributed by atoms with van der Waals surface area (Å²) in [5, 5.41) is 1.45. The van der Waals surface area contributed by atoms with E-state index in [0.29, 0.717) is 39.9 Å². The van der Waals surface area contributed by atoms with Crippen molar-refractivity contribution in [2.24, 2.45) is 0 Å². The van der Waals surface area contributed by atoms with Crippen LogP contribution in [0.25, 0.3) is 10.9 Å². The maximum Gasteiger partial charge on any atom is 0.263 e. The Balaban J connectivity index is 1.55. The van der Waals surface area contributed by atoms with Crippen LogP contribution in [0, 0.1) is 0 Å². The summed E-state index contributed by atoms with van der Waals surface area (Å²) in [5.74, 6) is 0.215. The molecule has 27 heavy (non-hydrogen) atoms. The molecule has 0 saturated carbocycles. The van der Waals surface area contributed by atoms with E-state index in [2.05, 4.69) is 22.1 Å². The summed E-state index contributed by atoms with van der Waals surface area (Å²) in [4.78, 5) is 23.0. The third kappa shape index (κ3) is 3.57. The number of carbonyl (C=O) groups is 1. The van der Waals surface area contributed by atoms with E-state index in [1.807, 2.05) is 17.0 Å². The van der Waals surface area contributed by atoms with Crippen molar-refractivity contribution >= 4 is 40.0 Å². The molecule has 4 rings (SSSR count). The van der Waals surface area contributed by atoms with Crippen molar-refractivity contribution in [3.8, 4) is 5.88 Å². The fourth-order valence-corrected chi connectivity index (χ4v) is 3.86. The number of ether oxygens (including phenoxy) is 1. The normalized spacial score (nSPS) is 14.7. The van der Waals surface area contributed by atoms with Crippen LogP contribution in [0.2, 0.25) is 10.0 Å². The van der Waals surface area contributed by atoms with E-state index in [0.717, 1.165) is 6.42 Å². The Kier molecular flexibility index (Phi) is 4.89. The minimum Gasteiger partial charge on any atom is -0.464 e. The van der Waals surface area contributed by atoms with Gasteiger partial charge >= 0.3 is 0 Å². The van der Waals surface area contributed by atoms with Gasteiger partial charge in [0, 0.05) is 18.1 Å². The Labute approximate surface area is 166 Å². The van der Waals surface area contributed by atoms with Gasteiger partial charge in [0.05, 0.1) is 15.9 Å². The van der Waals surface area contributed by atoms with E-state index >= 15 is 0 Å². The van der Waals surface area contributed by atoms with Crippen molar-refractivity contribution in [3.05, 3.63) is 63.9 Å². The van der Waals surface area contributed by atoms with Gasteiger partial charge < -0.3 is 9.64 Å². The summed E-state index contributed by atoms with van der Waals surface area (Å²) in [5.41, 5.74) is 3.01. The Morgan fingerprint density at radius 1 is 1.19 bits per heavy atom. The molecule has 0 N–H and O–H groups in total. The van der Waals surface area contributed by atoms with E-state index in [1.54, 1.807) is 19.1 Å². The van der Waals surface area contributed by atoms with Crippen LogP contribution in [0.15, 0.2) is 42.7 Å². The van der Waals surface area contributed by atoms with Crippen molar-refractivity contribution in [2.75, 3.05) is 6.54 Å². The van der Waals surface area contributed by atoms with Crippen molar-refractivity contribution in [2.45, 2.75) is 26.0 Å². The third-order valence-electron chi connectivity index (χ3n) is 4.70. The Bertz CT molecular complexity index is 1030. The molecular formula is C20H17Cl2N3O2. The molecule has 0 spiro atoms. The SMILES string of the molecule is C[C@@H](Oc1ncnc2c(Cl)cc(Cl)cc12)C(=O)N1CCc2ccccc2C1. The standard InChI is InChI=1S/C20H17Cl2N3O2/c1-12(20(26)25-7-6-13-4-2-3-5-14(13)10-25)27-19-16-8-15(21)9-17(22)18(16)23-11-24-19/h2-5,8-9,11-12H,6-7,10H2,1H3/t12-/m1/s1. The van der Waals surface area contributed by atoms with Crippen molar-refractivity contribution in [3.63, 3.8) is 0 Å². The van der Waals surface area contributed by atoms with Crippen LogP contribution >= 0.6 is 23.2 Å². The number of carbonyl (C=O) groups excluding carboxylic acids is 1. The van der Waals surface area contributed by atoms with Crippen LogP contribution in [0.1, 0.15) is 18.1 Å². The van der Waals surface area contributed by atoms with Crippen LogP contribution in [-0.4, -0.2) is 33.4 Å². The summed E-state index contributed by atoms with van der Waals surface area (Å²) in [7, 11) is 0. The topological polar surface area (TPSA) is 55.3 Å². The monoisotopic (exact) mass is 401 g/mol. The summed E-state index contributed by atoms with van der Waals surface area (Å²) >= 11 is 12.3. The van der Waals surface area contributed by atoms with E-state index < -0.39 is 6.10 Å². The maximum atomic E-state index is 12.9. The molecule has 2 heterocycles. The fourth-order valence-electron chi connectivity index (χ4n) is 3.32. The summed E-state index contributed by atoms with van der Waals surface area (Å²) < 4.78 is 5.88. The highest BCUT2D eigenvalue weighted by Crippen LogP contribution is 2.31. The zero-order valence-electron chi connectivity index (χ0n) is 14.7. The Morgan fingerprint density at radius 2 is 1.96 bits per heavy atom. The molecule has 2 aromatic carbocycles. The lowest BCUT2D eigenvalue weighted by atomic mass is 9.99. The van der Waals surface area contributed by atoms with E-state index in [1.165, 1.54) is 17.5 Å². The summed E-state index contributed by atoms with van der Waals surface area (Å²) in [6.45, 7) is 2.99. The molecule has 1 amide bonds. The first-order chi connectivity index (χ1) is 13.0. The number of amides is 1. The maximum absolute atomic E-state index is 12.9. The minimum absolute atomic E-state index is 0.0793. The highest BCUT2D eigenvalue weighted by Gasteiger charge is 2.26. The van der Waals surface area contributed by atoms with Gasteiger partial charge in [0.25, 0.3) is 5.91 Å². The van der Waals surface area contributed by atoms with Gasteiger partial charge in [-0.15, -0.1) is 0 Å². The first-order valence-corrected chi connectivity index (χ1v) is 9.40. The number of halogens is 2. The fraction of sp³-hybridized carbons (Fsp3) is 0.250. The molecule has 0 radical (unpaired) electrons. The zero-order valence-corrected chi connectivity index (χ0v) is 16.2. The smallest absolute Gasteiger partial charge is 0.263 e. The minimum atomic E-state index is -0.689. The molecule has 1 aliphatic rings. The molecule has 3 aromatic rings. The number of hydrogen-bond acceptors (Lipinski definition) is 4. The average molecular weight is 402 g/mol. The lowest BCUT2D eigenvalue weighted by Gasteiger charge is -2.30. The van der Waals surface area contributed by atoms with Crippen LogP contribution < -0.4 is 4.74 Å². The lowest BCUT2D eigenvalue weighted by Crippen LogP contribution is -2.43. The molecule has 0 bridgehead atoms. The molecule has 0 aliphatic carbocycles. The van der Waals surface area contributed by atoms with Gasteiger partial charge in [-0.3, -0.25) is 4.79 Å². The van der Waals surface area contributed by atoms with Gasteiger partial charge in [0.15, 0.2) is 6.10 Å². The molecule has 0 saturated heterocycles. The molecule has 0 fully saturated rings. The number of aromatic nitrogens is 2. The van der Waals surface area contributed by atoms with Gasteiger partial charge in [0.1, 0.15) is 6.33 Å². The van der Waals surface area contributed by atoms with Crippen molar-refractivity contribution in [1.82, 2.24) is 14.9 Å². The number of benzene rings is 2. The largest absolute Gasteiger partial charge is 0.464 e. The molecule has 0 unspecified atom stereocenters. The van der Waals surface area contributed by atoms with Gasteiger partial charge in [-0.05, 0) is 36.6 Å². The number of rotatable bonds is 3.